The van der Waals surface area contributed by atoms with Crippen LogP contribution in [-0.2, 0) is 0 Å². The highest BCUT2D eigenvalue weighted by Gasteiger charge is 2.38. The highest BCUT2D eigenvalue weighted by atomic mass is 35.5. The van der Waals surface area contributed by atoms with Crippen molar-refractivity contribution >= 4 is 29.9 Å². The molecule has 0 aliphatic carbocycles. The molecule has 0 fully saturated rings. The van der Waals surface area contributed by atoms with Crippen LogP contribution in [0.5, 0.6) is 23.5 Å². The second-order valence-corrected chi connectivity index (χ2v) is 6.22. The van der Waals surface area contributed by atoms with Crippen molar-refractivity contribution in [3.63, 3.8) is 0 Å². The normalized spacial score (nSPS) is 14.8. The molecular weight excluding hydrogens is 398 g/mol. The molecule has 12 heteroatoms. The summed E-state index contributed by atoms with van der Waals surface area (Å²) < 4.78 is 5.55. The van der Waals surface area contributed by atoms with Crippen molar-refractivity contribution in [3.8, 4) is 23.5 Å². The number of nitrogens with zero attached hydrogens (tertiary/aromatic N) is 5. The lowest BCUT2D eigenvalue weighted by Crippen LogP contribution is -2.16. The maximum Gasteiger partial charge on any atom is 0.269 e. The largest absolute Gasteiger partial charge is 0.493 e. The number of ether oxygens (including phenoxy) is 1. The van der Waals surface area contributed by atoms with Crippen molar-refractivity contribution in [2.75, 3.05) is 0 Å². The molecule has 0 spiro atoms. The fourth-order valence-electron chi connectivity index (χ4n) is 2.86. The lowest BCUT2D eigenvalue weighted by molar-refractivity contribution is -0.384. The van der Waals surface area contributed by atoms with E-state index >= 15 is 0 Å². The van der Waals surface area contributed by atoms with Crippen LogP contribution >= 0.6 is 24.2 Å². The summed E-state index contributed by atoms with van der Waals surface area (Å²) in [6.45, 7) is 0. The molecule has 1 unspecified atom stereocenters. The van der Waals surface area contributed by atoms with Crippen LogP contribution in [0.3, 0.4) is 0 Å². The third-order valence-electron chi connectivity index (χ3n) is 3.95. The molecule has 27 heavy (non-hydrogen) atoms. The Balaban J connectivity index is 1.99. The average Bonchev–Trinajstić information content (AvgIpc) is 2.59. The molecule has 1 atom stereocenters. The summed E-state index contributed by atoms with van der Waals surface area (Å²) >= 11 is 9.79. The van der Waals surface area contributed by atoms with Gasteiger partial charge in [0.25, 0.3) is 5.69 Å². The standard InChI is InChI=1S/C15H8ClN5O5S/c16-14-17-10(22)8-7(5-1-3-6(4-2-5)21(24)25)9-11(23)18-15(27)20-13(9)26-12(8)19-14/h1-4,7H,(H,17,19,22)(H2,18,20,23,27). The van der Waals surface area contributed by atoms with Gasteiger partial charge in [0.15, 0.2) is 5.16 Å². The van der Waals surface area contributed by atoms with Crippen LogP contribution in [-0.4, -0.2) is 35.1 Å². The van der Waals surface area contributed by atoms with E-state index in [0.717, 1.165) is 0 Å². The molecule has 0 radical (unpaired) electrons. The second-order valence-electron chi connectivity index (χ2n) is 5.48. The Hall–Kier alpha value is -3.18. The first-order valence-electron chi connectivity index (χ1n) is 7.33. The molecule has 0 saturated heterocycles. The lowest BCUT2D eigenvalue weighted by Gasteiger charge is -2.27. The van der Waals surface area contributed by atoms with Crippen molar-refractivity contribution in [3.05, 3.63) is 56.4 Å². The highest BCUT2D eigenvalue weighted by molar-refractivity contribution is 7.80. The Labute approximate surface area is 161 Å². The fraction of sp³-hybridized carbons (Fsp3) is 0.0667. The van der Waals surface area contributed by atoms with Gasteiger partial charge in [-0.25, -0.2) is 0 Å². The first-order valence-corrected chi connectivity index (χ1v) is 8.16. The number of hydrogen-bond acceptors (Lipinski definition) is 10. The van der Waals surface area contributed by atoms with Gasteiger partial charge in [-0.05, 0) is 17.2 Å². The number of aromatic nitrogens is 4. The van der Waals surface area contributed by atoms with Gasteiger partial charge in [0.1, 0.15) is 0 Å². The van der Waals surface area contributed by atoms with E-state index in [2.05, 4.69) is 32.6 Å². The number of rotatable bonds is 2. The van der Waals surface area contributed by atoms with Crippen LogP contribution in [0.15, 0.2) is 29.4 Å². The number of nitro groups is 1. The van der Waals surface area contributed by atoms with Crippen LogP contribution in [0, 0.1) is 10.1 Å². The second kappa shape index (κ2) is 6.21. The summed E-state index contributed by atoms with van der Waals surface area (Å²) in [5, 5.41) is 31.3. The third-order valence-corrected chi connectivity index (χ3v) is 4.32. The molecule has 0 bridgehead atoms. The first kappa shape index (κ1) is 17.2. The predicted octanol–water partition coefficient (Wildman–Crippen LogP) is 2.81. The van der Waals surface area contributed by atoms with Gasteiger partial charge in [-0.2, -0.15) is 19.9 Å². The molecule has 1 aromatic carbocycles. The van der Waals surface area contributed by atoms with Gasteiger partial charge < -0.3 is 14.9 Å². The highest BCUT2D eigenvalue weighted by Crippen LogP contribution is 2.51. The lowest BCUT2D eigenvalue weighted by atomic mass is 9.85. The van der Waals surface area contributed by atoms with Gasteiger partial charge in [-0.15, -0.1) is 12.6 Å². The molecule has 1 aliphatic rings. The minimum absolute atomic E-state index is 0.0301. The topological polar surface area (TPSA) is 144 Å². The van der Waals surface area contributed by atoms with E-state index in [1.807, 2.05) is 0 Å². The molecule has 1 aliphatic heterocycles. The summed E-state index contributed by atoms with van der Waals surface area (Å²) in [7, 11) is 0. The Morgan fingerprint density at radius 1 is 1.04 bits per heavy atom. The number of fused-ring (bicyclic) bond motifs is 2. The van der Waals surface area contributed by atoms with Crippen LogP contribution in [0.1, 0.15) is 22.6 Å². The first-order chi connectivity index (χ1) is 12.8. The quantitative estimate of drug-likeness (QED) is 0.198. The maximum absolute atomic E-state index is 10.9. The van der Waals surface area contributed by atoms with Crippen LogP contribution < -0.4 is 4.74 Å². The average molecular weight is 406 g/mol. The zero-order valence-corrected chi connectivity index (χ0v) is 14.7. The Kier molecular flexibility index (Phi) is 3.97. The SMILES string of the molecule is O=[N+]([O-])c1ccc(C2c3c(O)nc(S)nc3Oc3nc(Cl)nc(O)c32)cc1. The number of nitro benzene ring substituents is 1. The number of hydrogen-bond donors (Lipinski definition) is 3. The van der Waals surface area contributed by atoms with E-state index in [1.165, 1.54) is 24.3 Å². The summed E-state index contributed by atoms with van der Waals surface area (Å²) in [5.74, 6) is -1.83. The maximum atomic E-state index is 10.9. The van der Waals surface area contributed by atoms with E-state index in [1.54, 1.807) is 0 Å². The number of non-ortho nitro benzene ring substituents is 1. The van der Waals surface area contributed by atoms with E-state index in [4.69, 9.17) is 16.3 Å². The Bertz CT molecular complexity index is 1040. The molecule has 3 aromatic rings. The fourth-order valence-corrected chi connectivity index (χ4v) is 3.20. The van der Waals surface area contributed by atoms with Gasteiger partial charge in [-0.3, -0.25) is 10.1 Å². The smallest absolute Gasteiger partial charge is 0.269 e. The molecule has 0 saturated carbocycles. The molecule has 3 heterocycles. The molecule has 10 nitrogen and oxygen atoms in total. The van der Waals surface area contributed by atoms with Crippen molar-refractivity contribution < 1.29 is 19.9 Å². The third kappa shape index (κ3) is 2.86. The molecular formula is C15H8ClN5O5S. The van der Waals surface area contributed by atoms with Gasteiger partial charge >= 0.3 is 0 Å². The number of benzene rings is 1. The minimum Gasteiger partial charge on any atom is -0.493 e. The summed E-state index contributed by atoms with van der Waals surface area (Å²) in [4.78, 5) is 25.9. The number of halogens is 1. The van der Waals surface area contributed by atoms with Crippen molar-refractivity contribution in [2.45, 2.75) is 11.1 Å². The molecule has 2 N–H and O–H groups in total. The number of aromatic hydroxyl groups is 2. The number of thiol groups is 1. The molecule has 136 valence electrons. The Morgan fingerprint density at radius 2 is 1.63 bits per heavy atom. The van der Waals surface area contributed by atoms with E-state index in [0.29, 0.717) is 5.56 Å². The van der Waals surface area contributed by atoms with Crippen molar-refractivity contribution in [2.24, 2.45) is 0 Å². The van der Waals surface area contributed by atoms with Crippen LogP contribution in [0.25, 0.3) is 0 Å². The van der Waals surface area contributed by atoms with Gasteiger partial charge in [0.2, 0.25) is 28.8 Å². The molecule has 0 amide bonds. The van der Waals surface area contributed by atoms with E-state index < -0.39 is 22.6 Å². The summed E-state index contributed by atoms with van der Waals surface area (Å²) in [6.07, 6.45) is 0. The summed E-state index contributed by atoms with van der Waals surface area (Å²) in [5.41, 5.74) is 0.620. The van der Waals surface area contributed by atoms with Crippen LogP contribution in [0.4, 0.5) is 5.69 Å². The molecule has 4 rings (SSSR count). The zero-order chi connectivity index (χ0) is 19.3. The van der Waals surface area contributed by atoms with Gasteiger partial charge in [0, 0.05) is 12.1 Å². The zero-order valence-electron chi connectivity index (χ0n) is 13.1. The molecule has 2 aromatic heterocycles. The summed E-state index contributed by atoms with van der Waals surface area (Å²) in [6, 6.07) is 5.54. The van der Waals surface area contributed by atoms with Gasteiger partial charge in [-0.1, -0.05) is 12.1 Å². The van der Waals surface area contributed by atoms with Crippen LogP contribution in [0.2, 0.25) is 5.28 Å². The van der Waals surface area contributed by atoms with Crippen molar-refractivity contribution in [1.29, 1.82) is 0 Å². The van der Waals surface area contributed by atoms with E-state index in [-0.39, 0.29) is 39.0 Å². The predicted molar refractivity (Wildman–Crippen MR) is 93.8 cm³/mol. The van der Waals surface area contributed by atoms with Gasteiger partial charge in [0.05, 0.1) is 22.0 Å². The van der Waals surface area contributed by atoms with E-state index in [9.17, 15) is 20.3 Å². The van der Waals surface area contributed by atoms with Crippen molar-refractivity contribution in [1.82, 2.24) is 19.9 Å². The minimum atomic E-state index is -0.851. The Morgan fingerprint density at radius 3 is 2.26 bits per heavy atom. The monoisotopic (exact) mass is 405 g/mol.